The van der Waals surface area contributed by atoms with E-state index in [1.54, 1.807) is 0 Å². The van der Waals surface area contributed by atoms with Crippen LogP contribution in [0.3, 0.4) is 0 Å². The van der Waals surface area contributed by atoms with Crippen molar-refractivity contribution in [3.8, 4) is 0 Å². The Hall–Kier alpha value is -1.81. The van der Waals surface area contributed by atoms with E-state index in [2.05, 4.69) is 5.16 Å². The van der Waals surface area contributed by atoms with Crippen LogP contribution in [0, 0.1) is 0 Å². The van der Waals surface area contributed by atoms with Gasteiger partial charge in [-0.25, -0.2) is 8.42 Å². The molecule has 0 aromatic heterocycles. The number of alkyl halides is 3. The first kappa shape index (κ1) is 17.2. The van der Waals surface area contributed by atoms with Gasteiger partial charge in [-0.1, -0.05) is 17.3 Å². The number of halogens is 3. The van der Waals surface area contributed by atoms with Gasteiger partial charge in [-0.3, -0.25) is 0 Å². The van der Waals surface area contributed by atoms with Gasteiger partial charge in [0.2, 0.25) is 0 Å². The average molecular weight is 325 g/mol. The van der Waals surface area contributed by atoms with Crippen molar-refractivity contribution in [2.75, 3.05) is 18.8 Å². The Morgan fingerprint density at radius 2 is 2.05 bits per heavy atom. The molecule has 0 fully saturated rings. The molecule has 0 saturated carbocycles. The fraction of sp³-hybridized carbons (Fsp3) is 0.364. The molecular formula is C11H14F3N3O3S. The fourth-order valence-electron chi connectivity index (χ4n) is 1.46. The molecule has 0 atom stereocenters. The molecule has 0 unspecified atom stereocenters. The van der Waals surface area contributed by atoms with Gasteiger partial charge in [0, 0.05) is 12.1 Å². The molecule has 118 valence electrons. The van der Waals surface area contributed by atoms with E-state index in [9.17, 15) is 21.6 Å². The number of amidine groups is 1. The largest absolute Gasteiger partial charge is 0.409 e. The average Bonchev–Trinajstić information content (AvgIpc) is 2.42. The summed E-state index contributed by atoms with van der Waals surface area (Å²) in [7, 11) is -3.76. The van der Waals surface area contributed by atoms with Crippen LogP contribution in [0.25, 0.3) is 0 Å². The number of oxime groups is 1. The minimum atomic E-state index is -4.39. The molecule has 1 rings (SSSR count). The maximum Gasteiger partial charge on any atom is 0.401 e. The van der Waals surface area contributed by atoms with Crippen LogP contribution in [-0.4, -0.2) is 44.5 Å². The number of benzene rings is 1. The quantitative estimate of drug-likeness (QED) is 0.235. The summed E-state index contributed by atoms with van der Waals surface area (Å²) < 4.78 is 59.7. The molecule has 0 bridgehead atoms. The van der Waals surface area contributed by atoms with Crippen LogP contribution >= 0.6 is 0 Å². The predicted octanol–water partition coefficient (Wildman–Crippen LogP) is 0.707. The lowest BCUT2D eigenvalue weighted by molar-refractivity contribution is -0.124. The van der Waals surface area contributed by atoms with Crippen molar-refractivity contribution in [3.05, 3.63) is 29.8 Å². The van der Waals surface area contributed by atoms with E-state index in [0.717, 1.165) is 0 Å². The summed E-state index contributed by atoms with van der Waals surface area (Å²) in [5.41, 5.74) is 5.54. The molecule has 6 nitrogen and oxygen atoms in total. The molecule has 10 heteroatoms. The second kappa shape index (κ2) is 6.76. The second-order valence-corrected chi connectivity index (χ2v) is 6.23. The summed E-state index contributed by atoms with van der Waals surface area (Å²) >= 11 is 0. The maximum absolute atomic E-state index is 12.0. The zero-order valence-electron chi connectivity index (χ0n) is 10.8. The molecule has 0 aliphatic heterocycles. The van der Waals surface area contributed by atoms with E-state index in [1.165, 1.54) is 24.3 Å². The Kier molecular flexibility index (Phi) is 5.55. The number of hydrogen-bond acceptors (Lipinski definition) is 5. The first-order valence-corrected chi connectivity index (χ1v) is 7.39. The van der Waals surface area contributed by atoms with E-state index in [-0.39, 0.29) is 22.8 Å². The zero-order chi connectivity index (χ0) is 16.1. The standard InChI is InChI=1S/C11H14F3N3O3S/c12-11(13,14)7-16-4-5-21(19,20)9-3-1-2-8(6-9)10(15)17-18/h1-3,6,16,18H,4-5,7H2,(H2,15,17). The highest BCUT2D eigenvalue weighted by Crippen LogP contribution is 2.14. The number of sulfone groups is 1. The molecule has 0 aliphatic rings. The molecule has 0 spiro atoms. The first-order chi connectivity index (χ1) is 9.65. The maximum atomic E-state index is 12.0. The van der Waals surface area contributed by atoms with Crippen LogP contribution in [0.4, 0.5) is 13.2 Å². The highest BCUT2D eigenvalue weighted by Gasteiger charge is 2.26. The van der Waals surface area contributed by atoms with Gasteiger partial charge in [-0.2, -0.15) is 13.2 Å². The zero-order valence-corrected chi connectivity index (χ0v) is 11.6. The van der Waals surface area contributed by atoms with Crippen molar-refractivity contribution < 1.29 is 26.8 Å². The highest BCUT2D eigenvalue weighted by molar-refractivity contribution is 7.91. The Bertz CT molecular complexity index is 615. The van der Waals surface area contributed by atoms with Gasteiger partial charge < -0.3 is 16.3 Å². The molecular weight excluding hydrogens is 311 g/mol. The van der Waals surface area contributed by atoms with Crippen molar-refractivity contribution in [1.82, 2.24) is 5.32 Å². The van der Waals surface area contributed by atoms with E-state index >= 15 is 0 Å². The first-order valence-electron chi connectivity index (χ1n) is 5.74. The molecule has 0 aliphatic carbocycles. The van der Waals surface area contributed by atoms with Gasteiger partial charge in [0.1, 0.15) is 0 Å². The Labute approximate surface area is 119 Å². The van der Waals surface area contributed by atoms with Gasteiger partial charge in [-0.15, -0.1) is 0 Å². The lowest BCUT2D eigenvalue weighted by Gasteiger charge is -2.09. The van der Waals surface area contributed by atoms with Gasteiger partial charge in [0.25, 0.3) is 0 Å². The van der Waals surface area contributed by atoms with Crippen LogP contribution < -0.4 is 11.1 Å². The Balaban J connectivity index is 2.75. The van der Waals surface area contributed by atoms with E-state index < -0.39 is 28.3 Å². The molecule has 4 N–H and O–H groups in total. The topological polar surface area (TPSA) is 105 Å². The summed E-state index contributed by atoms with van der Waals surface area (Å²) in [4.78, 5) is -0.111. The van der Waals surface area contributed by atoms with E-state index in [1.807, 2.05) is 5.32 Å². The lowest BCUT2D eigenvalue weighted by Crippen LogP contribution is -2.32. The number of nitrogens with one attached hydrogen (secondary N) is 1. The highest BCUT2D eigenvalue weighted by atomic mass is 32.2. The molecule has 0 radical (unpaired) electrons. The van der Waals surface area contributed by atoms with Crippen molar-refractivity contribution in [2.24, 2.45) is 10.9 Å². The van der Waals surface area contributed by atoms with Crippen LogP contribution in [0.15, 0.2) is 34.3 Å². The summed E-state index contributed by atoms with van der Waals surface area (Å²) in [6.45, 7) is -1.59. The Morgan fingerprint density at radius 1 is 1.38 bits per heavy atom. The van der Waals surface area contributed by atoms with Crippen molar-refractivity contribution in [1.29, 1.82) is 0 Å². The molecule has 1 aromatic rings. The summed E-state index contributed by atoms with van der Waals surface area (Å²) in [6.07, 6.45) is -4.39. The minimum absolute atomic E-state index is 0.111. The second-order valence-electron chi connectivity index (χ2n) is 4.12. The van der Waals surface area contributed by atoms with Crippen LogP contribution in [0.5, 0.6) is 0 Å². The third kappa shape index (κ3) is 5.60. The van der Waals surface area contributed by atoms with Gasteiger partial charge in [0.15, 0.2) is 15.7 Å². The van der Waals surface area contributed by atoms with Crippen molar-refractivity contribution >= 4 is 15.7 Å². The van der Waals surface area contributed by atoms with E-state index in [4.69, 9.17) is 10.9 Å². The molecule has 0 saturated heterocycles. The third-order valence-corrected chi connectivity index (χ3v) is 4.18. The lowest BCUT2D eigenvalue weighted by atomic mass is 10.2. The van der Waals surface area contributed by atoms with Crippen LogP contribution in [0.1, 0.15) is 5.56 Å². The number of rotatable bonds is 6. The SMILES string of the molecule is N/C(=N/O)c1cccc(S(=O)(=O)CCNCC(F)(F)F)c1. The van der Waals surface area contributed by atoms with E-state index in [0.29, 0.717) is 0 Å². The van der Waals surface area contributed by atoms with Crippen LogP contribution in [-0.2, 0) is 9.84 Å². The molecule has 0 amide bonds. The van der Waals surface area contributed by atoms with Gasteiger partial charge in [-0.05, 0) is 12.1 Å². The van der Waals surface area contributed by atoms with Crippen molar-refractivity contribution in [3.63, 3.8) is 0 Å². The number of nitrogens with zero attached hydrogens (tertiary/aromatic N) is 1. The monoisotopic (exact) mass is 325 g/mol. The van der Waals surface area contributed by atoms with Gasteiger partial charge in [0.05, 0.1) is 17.2 Å². The molecule has 21 heavy (non-hydrogen) atoms. The minimum Gasteiger partial charge on any atom is -0.409 e. The predicted molar refractivity (Wildman–Crippen MR) is 69.9 cm³/mol. The smallest absolute Gasteiger partial charge is 0.401 e. The van der Waals surface area contributed by atoms with Crippen LogP contribution in [0.2, 0.25) is 0 Å². The molecule has 1 aromatic carbocycles. The Morgan fingerprint density at radius 3 is 2.62 bits per heavy atom. The van der Waals surface area contributed by atoms with Crippen molar-refractivity contribution in [2.45, 2.75) is 11.1 Å². The third-order valence-electron chi connectivity index (χ3n) is 2.47. The van der Waals surface area contributed by atoms with Gasteiger partial charge >= 0.3 is 6.18 Å². The summed E-state index contributed by atoms with van der Waals surface area (Å²) in [5, 5.41) is 13.3. The fourth-order valence-corrected chi connectivity index (χ4v) is 2.70. The number of nitrogens with two attached hydrogens (primary N) is 1. The summed E-state index contributed by atoms with van der Waals surface area (Å²) in [6, 6.07) is 5.31. The normalized spacial score (nSPS) is 13.4. The molecule has 0 heterocycles. The summed E-state index contributed by atoms with van der Waals surface area (Å²) in [5.74, 6) is -0.759. The number of hydrogen-bond donors (Lipinski definition) is 3.